The molecule has 3 N–H and O–H groups in total. The summed E-state index contributed by atoms with van der Waals surface area (Å²) >= 11 is 0. The van der Waals surface area contributed by atoms with Crippen LogP contribution in [0.3, 0.4) is 0 Å². The van der Waals surface area contributed by atoms with Crippen LogP contribution in [0.5, 0.6) is 0 Å². The van der Waals surface area contributed by atoms with E-state index in [-0.39, 0.29) is 11.7 Å². The monoisotopic (exact) mass is 239 g/mol. The number of hydrogen-bond donors (Lipinski definition) is 2. The Labute approximate surface area is 101 Å². The average Bonchev–Trinajstić information content (AvgIpc) is 2.28. The molecule has 94 valence electrons. The van der Waals surface area contributed by atoms with Crippen LogP contribution in [-0.2, 0) is 6.54 Å². The van der Waals surface area contributed by atoms with Gasteiger partial charge in [0.25, 0.3) is 0 Å². The highest BCUT2D eigenvalue weighted by atomic mass is 19.1. The Morgan fingerprint density at radius 3 is 2.94 bits per heavy atom. The maximum atomic E-state index is 12.9. The highest BCUT2D eigenvalue weighted by Crippen LogP contribution is 2.06. The molecule has 0 spiro atoms. The number of hydrogen-bond acceptors (Lipinski definition) is 3. The van der Waals surface area contributed by atoms with Crippen molar-refractivity contribution in [1.29, 1.82) is 0 Å². The first kappa shape index (κ1) is 13.4. The molecule has 4 nitrogen and oxygen atoms in total. The Hall–Kier alpha value is -1.62. The van der Waals surface area contributed by atoms with Crippen molar-refractivity contribution in [3.63, 3.8) is 0 Å². The van der Waals surface area contributed by atoms with Gasteiger partial charge in [-0.25, -0.2) is 4.39 Å². The summed E-state index contributed by atoms with van der Waals surface area (Å²) in [5.74, 6) is 0.0247. The van der Waals surface area contributed by atoms with Crippen LogP contribution in [-0.4, -0.2) is 29.5 Å². The molecule has 17 heavy (non-hydrogen) atoms. The highest BCUT2D eigenvalue weighted by molar-refractivity contribution is 5.79. The third-order valence-corrected chi connectivity index (χ3v) is 2.44. The van der Waals surface area contributed by atoms with Gasteiger partial charge in [-0.15, -0.1) is 0 Å². The summed E-state index contributed by atoms with van der Waals surface area (Å²) in [4.78, 5) is 2.07. The molecule has 1 aromatic carbocycles. The van der Waals surface area contributed by atoms with Crippen molar-refractivity contribution < 1.29 is 9.60 Å². The Bertz CT molecular complexity index is 382. The van der Waals surface area contributed by atoms with Gasteiger partial charge in [0.1, 0.15) is 11.7 Å². The Balaban J connectivity index is 2.32. The topological polar surface area (TPSA) is 61.8 Å². The predicted molar refractivity (Wildman–Crippen MR) is 65.4 cm³/mol. The minimum Gasteiger partial charge on any atom is -0.409 e. The number of halogens is 1. The van der Waals surface area contributed by atoms with E-state index < -0.39 is 0 Å². The van der Waals surface area contributed by atoms with E-state index in [1.165, 1.54) is 12.1 Å². The normalized spacial score (nSPS) is 12.1. The molecule has 0 aliphatic carbocycles. The number of amidine groups is 1. The molecule has 0 heterocycles. The van der Waals surface area contributed by atoms with Gasteiger partial charge in [-0.05, 0) is 37.7 Å². The number of rotatable bonds is 6. The first-order chi connectivity index (χ1) is 8.11. The molecule has 0 aromatic heterocycles. The Kier molecular flexibility index (Phi) is 5.42. The second kappa shape index (κ2) is 6.85. The predicted octanol–water partition coefficient (Wildman–Crippen LogP) is 1.78. The van der Waals surface area contributed by atoms with E-state index >= 15 is 0 Å². The fraction of sp³-hybridized carbons (Fsp3) is 0.417. The van der Waals surface area contributed by atoms with Gasteiger partial charge in [0, 0.05) is 13.0 Å². The summed E-state index contributed by atoms with van der Waals surface area (Å²) in [6.45, 7) is 1.50. The smallest absolute Gasteiger partial charge is 0.139 e. The lowest BCUT2D eigenvalue weighted by Gasteiger charge is -2.16. The minimum absolute atomic E-state index is 0.215. The molecule has 0 amide bonds. The van der Waals surface area contributed by atoms with Crippen LogP contribution in [0.4, 0.5) is 4.39 Å². The third kappa shape index (κ3) is 5.31. The summed E-state index contributed by atoms with van der Waals surface area (Å²) in [7, 11) is 1.96. The zero-order valence-electron chi connectivity index (χ0n) is 9.93. The van der Waals surface area contributed by atoms with E-state index in [1.54, 1.807) is 6.07 Å². The summed E-state index contributed by atoms with van der Waals surface area (Å²) in [5, 5.41) is 11.3. The maximum absolute atomic E-state index is 12.9. The van der Waals surface area contributed by atoms with Gasteiger partial charge in [0.15, 0.2) is 0 Å². The maximum Gasteiger partial charge on any atom is 0.139 e. The Morgan fingerprint density at radius 2 is 2.29 bits per heavy atom. The SMILES string of the molecule is CN(CCC/C(N)=N/O)Cc1cccc(F)c1. The quantitative estimate of drug-likeness (QED) is 0.344. The number of oxime groups is 1. The second-order valence-corrected chi connectivity index (χ2v) is 4.06. The van der Waals surface area contributed by atoms with Gasteiger partial charge in [-0.3, -0.25) is 0 Å². The zero-order valence-corrected chi connectivity index (χ0v) is 9.93. The molecule has 1 rings (SSSR count). The van der Waals surface area contributed by atoms with E-state index in [4.69, 9.17) is 10.9 Å². The van der Waals surface area contributed by atoms with Gasteiger partial charge in [0.2, 0.25) is 0 Å². The summed E-state index contributed by atoms with van der Waals surface area (Å²) in [6.07, 6.45) is 1.37. The molecule has 0 atom stereocenters. The molecule has 0 radical (unpaired) electrons. The first-order valence-electron chi connectivity index (χ1n) is 5.51. The molecule has 0 aliphatic heterocycles. The molecule has 0 saturated carbocycles. The minimum atomic E-state index is -0.215. The number of nitrogens with two attached hydrogens (primary N) is 1. The van der Waals surface area contributed by atoms with Crippen LogP contribution in [0, 0.1) is 5.82 Å². The van der Waals surface area contributed by atoms with Crippen molar-refractivity contribution in [2.45, 2.75) is 19.4 Å². The summed E-state index contributed by atoms with van der Waals surface area (Å²) in [6, 6.07) is 6.56. The van der Waals surface area contributed by atoms with Crippen LogP contribution in [0.1, 0.15) is 18.4 Å². The largest absolute Gasteiger partial charge is 0.409 e. The van der Waals surface area contributed by atoms with Crippen molar-refractivity contribution in [2.24, 2.45) is 10.9 Å². The van der Waals surface area contributed by atoms with Gasteiger partial charge in [0.05, 0.1) is 0 Å². The summed E-state index contributed by atoms with van der Waals surface area (Å²) < 4.78 is 12.9. The van der Waals surface area contributed by atoms with E-state index in [1.807, 2.05) is 13.1 Å². The Morgan fingerprint density at radius 1 is 1.53 bits per heavy atom. The fourth-order valence-electron chi connectivity index (χ4n) is 1.61. The van der Waals surface area contributed by atoms with Crippen LogP contribution in [0.15, 0.2) is 29.4 Å². The van der Waals surface area contributed by atoms with Crippen molar-refractivity contribution in [3.05, 3.63) is 35.6 Å². The second-order valence-electron chi connectivity index (χ2n) is 4.06. The lowest BCUT2D eigenvalue weighted by atomic mass is 10.2. The van der Waals surface area contributed by atoms with Crippen LogP contribution in [0.2, 0.25) is 0 Å². The van der Waals surface area contributed by atoms with Crippen LogP contribution < -0.4 is 5.73 Å². The van der Waals surface area contributed by atoms with Gasteiger partial charge in [-0.1, -0.05) is 17.3 Å². The van der Waals surface area contributed by atoms with Gasteiger partial charge in [-0.2, -0.15) is 0 Å². The van der Waals surface area contributed by atoms with Crippen LogP contribution in [0.25, 0.3) is 0 Å². The van der Waals surface area contributed by atoms with Crippen molar-refractivity contribution >= 4 is 5.84 Å². The van der Waals surface area contributed by atoms with E-state index in [0.717, 1.165) is 18.5 Å². The number of nitrogens with zero attached hydrogens (tertiary/aromatic N) is 2. The van der Waals surface area contributed by atoms with Gasteiger partial charge >= 0.3 is 0 Å². The van der Waals surface area contributed by atoms with E-state index in [9.17, 15) is 4.39 Å². The molecule has 0 bridgehead atoms. The molecule has 0 unspecified atom stereocenters. The van der Waals surface area contributed by atoms with Crippen LogP contribution >= 0.6 is 0 Å². The van der Waals surface area contributed by atoms with E-state index in [2.05, 4.69) is 10.1 Å². The summed E-state index contributed by atoms with van der Waals surface area (Å²) in [5.41, 5.74) is 6.30. The third-order valence-electron chi connectivity index (χ3n) is 2.44. The van der Waals surface area contributed by atoms with Crippen molar-refractivity contribution in [3.8, 4) is 0 Å². The van der Waals surface area contributed by atoms with Gasteiger partial charge < -0.3 is 15.8 Å². The molecule has 0 saturated heterocycles. The first-order valence-corrected chi connectivity index (χ1v) is 5.51. The highest BCUT2D eigenvalue weighted by Gasteiger charge is 2.02. The lowest BCUT2D eigenvalue weighted by molar-refractivity contribution is 0.310. The molecular formula is C12H18FN3O. The van der Waals surface area contributed by atoms with Crippen molar-refractivity contribution in [1.82, 2.24) is 4.90 Å². The molecule has 1 aromatic rings. The number of benzene rings is 1. The molecule has 5 heteroatoms. The average molecular weight is 239 g/mol. The zero-order chi connectivity index (χ0) is 12.7. The molecule has 0 aliphatic rings. The fourth-order valence-corrected chi connectivity index (χ4v) is 1.61. The lowest BCUT2D eigenvalue weighted by Crippen LogP contribution is -2.21. The van der Waals surface area contributed by atoms with Crippen molar-refractivity contribution in [2.75, 3.05) is 13.6 Å². The standard InChI is InChI=1S/C12H18FN3O/c1-16(7-3-6-12(14)15-17)9-10-4-2-5-11(13)8-10/h2,4-5,8,17H,3,6-7,9H2,1H3,(H2,14,15). The molecule has 0 fully saturated rings. The molecular weight excluding hydrogens is 221 g/mol. The van der Waals surface area contributed by atoms with E-state index in [0.29, 0.717) is 13.0 Å².